The van der Waals surface area contributed by atoms with Crippen LogP contribution in [0.3, 0.4) is 0 Å². The van der Waals surface area contributed by atoms with E-state index in [-0.39, 0.29) is 29.5 Å². The first-order chi connectivity index (χ1) is 26.6. The molecule has 7 atom stereocenters. The number of nitrogens with zero attached hydrogens (tertiary/aromatic N) is 5. The minimum atomic E-state index is -4.82. The van der Waals surface area contributed by atoms with Gasteiger partial charge in [0, 0.05) is 18.0 Å². The number of carboxylic acid groups (broad SMARTS) is 1. The van der Waals surface area contributed by atoms with Gasteiger partial charge in [0.2, 0.25) is 0 Å². The van der Waals surface area contributed by atoms with Crippen molar-refractivity contribution in [2.24, 2.45) is 0 Å². The van der Waals surface area contributed by atoms with Crippen LogP contribution in [0.2, 0.25) is 0 Å². The van der Waals surface area contributed by atoms with Crippen LogP contribution in [-0.4, -0.2) is 112 Å². The topological polar surface area (TPSA) is 236 Å². The number of fused-ring (bicyclic) bond motifs is 4. The molecular formula is C37H35N6O11P. The van der Waals surface area contributed by atoms with E-state index in [9.17, 15) is 39.2 Å². The molecule has 17 nitrogen and oxygen atoms in total. The van der Waals surface area contributed by atoms with Crippen LogP contribution in [-0.2, 0) is 23.4 Å². The minimum Gasteiger partial charge on any atom is -0.480 e. The summed E-state index contributed by atoms with van der Waals surface area (Å²) in [5, 5.41) is 34.3. The van der Waals surface area contributed by atoms with Crippen LogP contribution in [0.4, 0.5) is 10.6 Å². The van der Waals surface area contributed by atoms with Gasteiger partial charge in [0.1, 0.15) is 37.3 Å². The van der Waals surface area contributed by atoms with Crippen LogP contribution in [0.15, 0.2) is 91.5 Å². The molecule has 3 aliphatic rings. The SMILES string of the molecule is O=C(Nc1ncnc2c1ncn2[C@@H]1O[C@H](CO)[C@@H](OP(=O)(O)[C@H]2C[C@H](C(=O)O)N(C(=O)OCC3c4ccccc4-c4ccccc43)C2)[C@H]1O)c1ccccc1. The van der Waals surface area contributed by atoms with E-state index >= 15 is 0 Å². The summed E-state index contributed by atoms with van der Waals surface area (Å²) in [6.45, 7) is -1.31. The van der Waals surface area contributed by atoms with E-state index in [0.29, 0.717) is 5.56 Å². The maximum atomic E-state index is 13.9. The number of carbonyl (C=O) groups excluding carboxylic acids is 2. The summed E-state index contributed by atoms with van der Waals surface area (Å²) in [5.74, 6) is -2.07. The Kier molecular flexibility index (Phi) is 9.67. The molecule has 284 valence electrons. The molecule has 2 aromatic heterocycles. The Balaban J connectivity index is 0.962. The molecule has 18 heteroatoms. The van der Waals surface area contributed by atoms with Crippen molar-refractivity contribution in [3.8, 4) is 11.1 Å². The molecule has 2 amide bonds. The Bertz CT molecular complexity index is 2280. The molecule has 5 N–H and O–H groups in total. The monoisotopic (exact) mass is 770 g/mol. The number of imidazole rings is 1. The van der Waals surface area contributed by atoms with Crippen molar-refractivity contribution in [2.75, 3.05) is 25.1 Å². The number of ether oxygens (including phenoxy) is 2. The van der Waals surface area contributed by atoms with Crippen LogP contribution in [0.5, 0.6) is 0 Å². The van der Waals surface area contributed by atoms with Crippen molar-refractivity contribution >= 4 is 42.5 Å². The predicted molar refractivity (Wildman–Crippen MR) is 193 cm³/mol. The van der Waals surface area contributed by atoms with Crippen LogP contribution < -0.4 is 5.32 Å². The van der Waals surface area contributed by atoms with Gasteiger partial charge in [0.05, 0.1) is 18.6 Å². The first-order valence-corrected chi connectivity index (χ1v) is 19.0. The zero-order chi connectivity index (χ0) is 38.4. The summed E-state index contributed by atoms with van der Waals surface area (Å²) in [6.07, 6.45) is -4.85. The molecule has 3 aromatic carbocycles. The minimum absolute atomic E-state index is 0.0756. The molecule has 2 fully saturated rings. The average Bonchev–Trinajstić information content (AvgIpc) is 3.98. The smallest absolute Gasteiger partial charge is 0.410 e. The maximum absolute atomic E-state index is 13.9. The molecule has 2 saturated heterocycles. The molecule has 0 bridgehead atoms. The van der Waals surface area contributed by atoms with Crippen molar-refractivity contribution in [3.05, 3.63) is 108 Å². The van der Waals surface area contributed by atoms with E-state index in [4.69, 9.17) is 14.0 Å². The highest BCUT2D eigenvalue weighted by Crippen LogP contribution is 2.55. The van der Waals surface area contributed by atoms with E-state index in [1.807, 2.05) is 48.5 Å². The number of aliphatic hydroxyl groups excluding tert-OH is 2. The zero-order valence-electron chi connectivity index (χ0n) is 28.9. The van der Waals surface area contributed by atoms with Crippen LogP contribution in [0.25, 0.3) is 22.3 Å². The molecule has 8 rings (SSSR count). The molecule has 55 heavy (non-hydrogen) atoms. The third kappa shape index (κ3) is 6.64. The molecule has 1 aliphatic carbocycles. The van der Waals surface area contributed by atoms with Gasteiger partial charge in [0.15, 0.2) is 23.2 Å². The number of aliphatic carboxylic acids is 1. The van der Waals surface area contributed by atoms with Gasteiger partial charge in [-0.2, -0.15) is 0 Å². The second kappa shape index (κ2) is 14.6. The fraction of sp³-hybridized carbons (Fsp3) is 0.297. The van der Waals surface area contributed by atoms with Crippen molar-refractivity contribution in [2.45, 2.75) is 48.6 Å². The number of carbonyl (C=O) groups is 3. The quantitative estimate of drug-likeness (QED) is 0.128. The summed E-state index contributed by atoms with van der Waals surface area (Å²) >= 11 is 0. The number of aromatic nitrogens is 4. The van der Waals surface area contributed by atoms with E-state index < -0.39 is 81.4 Å². The highest BCUT2D eigenvalue weighted by atomic mass is 31.2. The van der Waals surface area contributed by atoms with E-state index in [2.05, 4.69) is 20.3 Å². The van der Waals surface area contributed by atoms with Gasteiger partial charge in [-0.05, 0) is 40.8 Å². The second-order valence-corrected chi connectivity index (χ2v) is 15.5. The van der Waals surface area contributed by atoms with Crippen molar-refractivity contribution in [3.63, 3.8) is 0 Å². The number of likely N-dealkylation sites (tertiary alicyclic amines) is 1. The first-order valence-electron chi connectivity index (χ1n) is 17.4. The summed E-state index contributed by atoms with van der Waals surface area (Å²) in [6, 6.07) is 22.4. The van der Waals surface area contributed by atoms with Crippen LogP contribution >= 0.6 is 7.60 Å². The Labute approximate surface area is 312 Å². The van der Waals surface area contributed by atoms with Crippen molar-refractivity contribution < 1.29 is 53.2 Å². The van der Waals surface area contributed by atoms with Crippen molar-refractivity contribution in [1.82, 2.24) is 24.4 Å². The summed E-state index contributed by atoms with van der Waals surface area (Å²) < 4.78 is 32.3. The van der Waals surface area contributed by atoms with Gasteiger partial charge in [-0.25, -0.2) is 24.5 Å². The first kappa shape index (κ1) is 36.4. The fourth-order valence-electron chi connectivity index (χ4n) is 7.55. The number of hydrogen-bond acceptors (Lipinski definition) is 12. The lowest BCUT2D eigenvalue weighted by Gasteiger charge is -2.26. The largest absolute Gasteiger partial charge is 0.480 e. The lowest BCUT2D eigenvalue weighted by molar-refractivity contribution is -0.141. The third-order valence-corrected chi connectivity index (χ3v) is 12.1. The Hall–Kier alpha value is -5.55. The number of hydrogen-bond donors (Lipinski definition) is 5. The van der Waals surface area contributed by atoms with E-state index in [1.54, 1.807) is 30.3 Å². The summed E-state index contributed by atoms with van der Waals surface area (Å²) in [4.78, 5) is 63.3. The summed E-state index contributed by atoms with van der Waals surface area (Å²) in [7, 11) is -4.82. The number of benzene rings is 3. The van der Waals surface area contributed by atoms with Gasteiger partial charge in [-0.1, -0.05) is 66.7 Å². The number of aliphatic hydroxyl groups is 2. The molecular weight excluding hydrogens is 735 g/mol. The van der Waals surface area contributed by atoms with Crippen LogP contribution in [0.1, 0.15) is 40.1 Å². The normalized spacial score (nSPS) is 24.3. The number of carboxylic acids is 1. The molecule has 0 spiro atoms. The molecule has 2 aliphatic heterocycles. The number of rotatable bonds is 10. The molecule has 4 heterocycles. The average molecular weight is 771 g/mol. The van der Waals surface area contributed by atoms with E-state index in [0.717, 1.165) is 27.2 Å². The lowest BCUT2D eigenvalue weighted by Crippen LogP contribution is -2.41. The van der Waals surface area contributed by atoms with Crippen LogP contribution in [0, 0.1) is 0 Å². The van der Waals surface area contributed by atoms with Gasteiger partial charge in [-0.15, -0.1) is 0 Å². The van der Waals surface area contributed by atoms with Gasteiger partial charge in [0.25, 0.3) is 5.91 Å². The Morgan fingerprint density at radius 3 is 2.29 bits per heavy atom. The Morgan fingerprint density at radius 2 is 1.62 bits per heavy atom. The third-order valence-electron chi connectivity index (χ3n) is 10.3. The lowest BCUT2D eigenvalue weighted by atomic mass is 9.98. The van der Waals surface area contributed by atoms with E-state index in [1.165, 1.54) is 17.2 Å². The molecule has 0 saturated carbocycles. The number of amides is 2. The molecule has 0 radical (unpaired) electrons. The highest BCUT2D eigenvalue weighted by Gasteiger charge is 2.53. The second-order valence-electron chi connectivity index (χ2n) is 13.4. The number of nitrogens with one attached hydrogen (secondary N) is 1. The predicted octanol–water partition coefficient (Wildman–Crippen LogP) is 3.38. The van der Waals surface area contributed by atoms with Gasteiger partial charge in [-0.3, -0.25) is 23.4 Å². The van der Waals surface area contributed by atoms with Gasteiger partial charge >= 0.3 is 19.7 Å². The maximum Gasteiger partial charge on any atom is 0.410 e. The highest BCUT2D eigenvalue weighted by molar-refractivity contribution is 7.53. The Morgan fingerprint density at radius 1 is 0.945 bits per heavy atom. The van der Waals surface area contributed by atoms with Gasteiger partial charge < -0.3 is 35.0 Å². The summed E-state index contributed by atoms with van der Waals surface area (Å²) in [5.41, 5.74) is 3.22. The molecule has 1 unspecified atom stereocenters. The fourth-order valence-corrected chi connectivity index (χ4v) is 9.18. The standard InChI is InChI=1S/C37H35N6O11P/c44-16-28-31(30(45)35(53-28)43-19-40-29-32(38-18-39-33(29)43)41-34(46)20-8-2-1-3-9-20)54-55(50,51)21-14-27(36(47)48)42(15-21)37(49)52-17-26-24-12-6-4-10-22(24)23-11-5-7-13-25(23)26/h1-13,18-19,21,26-28,30-31,35,44-45H,14-17H2,(H,47,48)(H,50,51)(H,38,39,41,46)/t21-,27+,28+,30+,31+,35+/m0/s1. The molecule has 5 aromatic rings. The van der Waals surface area contributed by atoms with Crippen molar-refractivity contribution in [1.29, 1.82) is 0 Å². The zero-order valence-corrected chi connectivity index (χ0v) is 29.8. The number of anilines is 1.